The maximum Gasteiger partial charge on any atom is 0.126 e. The topological polar surface area (TPSA) is 3.24 Å². The van der Waals surface area contributed by atoms with Crippen LogP contribution in [0.4, 0.5) is 4.39 Å². The molecule has 0 aliphatic heterocycles. The molecule has 1 rings (SSSR count). The van der Waals surface area contributed by atoms with Crippen LogP contribution in [0.3, 0.4) is 0 Å². The Morgan fingerprint density at radius 3 is 2.80 bits per heavy atom. The van der Waals surface area contributed by atoms with Gasteiger partial charge < -0.3 is 4.90 Å². The van der Waals surface area contributed by atoms with Crippen LogP contribution in [0.2, 0.25) is 0 Å². The molecule has 0 saturated heterocycles. The minimum Gasteiger partial charge on any atom is -0.305 e. The van der Waals surface area contributed by atoms with Crippen molar-refractivity contribution in [3.8, 4) is 0 Å². The van der Waals surface area contributed by atoms with Crippen molar-refractivity contribution in [3.63, 3.8) is 0 Å². The second-order valence-corrected chi connectivity index (χ2v) is 4.88. The largest absolute Gasteiger partial charge is 0.305 e. The van der Waals surface area contributed by atoms with Gasteiger partial charge in [-0.05, 0) is 37.2 Å². The third kappa shape index (κ3) is 4.53. The molecule has 84 valence electrons. The van der Waals surface area contributed by atoms with Gasteiger partial charge in [0, 0.05) is 23.3 Å². The van der Waals surface area contributed by atoms with E-state index in [1.54, 1.807) is 6.07 Å². The van der Waals surface area contributed by atoms with Crippen molar-refractivity contribution in [2.75, 3.05) is 25.9 Å². The highest BCUT2D eigenvalue weighted by Crippen LogP contribution is 2.16. The summed E-state index contributed by atoms with van der Waals surface area (Å²) in [5, 5.41) is 0. The Balaban J connectivity index is 2.53. The maximum absolute atomic E-state index is 13.4. The summed E-state index contributed by atoms with van der Waals surface area (Å²) < 4.78 is 14.3. The van der Waals surface area contributed by atoms with Gasteiger partial charge in [0.2, 0.25) is 0 Å². The molecule has 4 heteroatoms. The van der Waals surface area contributed by atoms with Gasteiger partial charge in [0.25, 0.3) is 0 Å². The molecule has 0 bridgehead atoms. The number of halogens is 2. The Hall–Kier alpha value is -0.0600. The number of thiol groups is 1. The lowest BCUT2D eigenvalue weighted by molar-refractivity contribution is 0.358. The van der Waals surface area contributed by atoms with Gasteiger partial charge in [-0.2, -0.15) is 12.6 Å². The third-order valence-electron chi connectivity index (χ3n) is 2.25. The minimum atomic E-state index is -0.127. The van der Waals surface area contributed by atoms with E-state index >= 15 is 0 Å². The van der Waals surface area contributed by atoms with E-state index in [0.717, 1.165) is 35.3 Å². The molecule has 0 aromatic heterocycles. The zero-order valence-electron chi connectivity index (χ0n) is 8.71. The summed E-state index contributed by atoms with van der Waals surface area (Å²) in [7, 11) is 2.02. The average molecular weight is 292 g/mol. The van der Waals surface area contributed by atoms with E-state index in [0.29, 0.717) is 0 Å². The van der Waals surface area contributed by atoms with Crippen LogP contribution in [-0.4, -0.2) is 30.8 Å². The number of hydrogen-bond donors (Lipinski definition) is 1. The molecule has 15 heavy (non-hydrogen) atoms. The van der Waals surface area contributed by atoms with Gasteiger partial charge in [-0.3, -0.25) is 0 Å². The highest BCUT2D eigenvalue weighted by atomic mass is 79.9. The average Bonchev–Trinajstić information content (AvgIpc) is 2.20. The molecule has 1 aromatic rings. The normalized spacial score (nSPS) is 11.0. The minimum absolute atomic E-state index is 0.127. The predicted molar refractivity (Wildman–Crippen MR) is 69.2 cm³/mol. The van der Waals surface area contributed by atoms with E-state index in [-0.39, 0.29) is 5.82 Å². The highest BCUT2D eigenvalue weighted by molar-refractivity contribution is 9.10. The summed E-state index contributed by atoms with van der Waals surface area (Å²) in [6.07, 6.45) is 0.732. The molecule has 0 saturated carbocycles. The zero-order valence-corrected chi connectivity index (χ0v) is 11.2. The summed E-state index contributed by atoms with van der Waals surface area (Å²) in [5.74, 6) is 0.703. The summed E-state index contributed by atoms with van der Waals surface area (Å²) in [5.41, 5.74) is 0.760. The van der Waals surface area contributed by atoms with Crippen molar-refractivity contribution in [1.29, 1.82) is 0 Å². The van der Waals surface area contributed by atoms with Crippen molar-refractivity contribution in [3.05, 3.63) is 34.1 Å². The molecule has 0 atom stereocenters. The van der Waals surface area contributed by atoms with Crippen molar-refractivity contribution in [2.45, 2.75) is 6.42 Å². The van der Waals surface area contributed by atoms with Crippen LogP contribution in [0.15, 0.2) is 22.7 Å². The predicted octanol–water partition coefficient (Wildman–Crippen LogP) is 2.99. The third-order valence-corrected chi connectivity index (χ3v) is 2.95. The molecule has 0 amide bonds. The molecule has 0 N–H and O–H groups in total. The number of benzene rings is 1. The van der Waals surface area contributed by atoms with Crippen LogP contribution in [0.1, 0.15) is 5.56 Å². The maximum atomic E-state index is 13.4. The van der Waals surface area contributed by atoms with Crippen LogP contribution in [0.5, 0.6) is 0 Å². The first-order chi connectivity index (χ1) is 7.13. The molecule has 1 aromatic carbocycles. The first kappa shape index (κ1) is 13.0. The summed E-state index contributed by atoms with van der Waals surface area (Å²) in [4.78, 5) is 2.15. The molecule has 0 radical (unpaired) electrons. The Kier molecular flexibility index (Phi) is 5.64. The van der Waals surface area contributed by atoms with E-state index in [1.807, 2.05) is 13.1 Å². The Labute approximate surface area is 104 Å². The second kappa shape index (κ2) is 6.51. The molecule has 0 fully saturated rings. The fraction of sp³-hybridized carbons (Fsp3) is 0.455. The van der Waals surface area contributed by atoms with E-state index in [1.165, 1.54) is 6.07 Å². The quantitative estimate of drug-likeness (QED) is 0.817. The van der Waals surface area contributed by atoms with Crippen molar-refractivity contribution >= 4 is 28.6 Å². The molecular weight excluding hydrogens is 277 g/mol. The van der Waals surface area contributed by atoms with Crippen LogP contribution in [0.25, 0.3) is 0 Å². The van der Waals surface area contributed by atoms with Crippen molar-refractivity contribution < 1.29 is 4.39 Å². The van der Waals surface area contributed by atoms with E-state index < -0.39 is 0 Å². The van der Waals surface area contributed by atoms with Gasteiger partial charge in [-0.1, -0.05) is 15.9 Å². The lowest BCUT2D eigenvalue weighted by Crippen LogP contribution is -2.23. The molecule has 0 unspecified atom stereocenters. The summed E-state index contributed by atoms with van der Waals surface area (Å²) in [6.45, 7) is 1.78. The van der Waals surface area contributed by atoms with Crippen molar-refractivity contribution in [1.82, 2.24) is 4.90 Å². The van der Waals surface area contributed by atoms with Crippen LogP contribution >= 0.6 is 28.6 Å². The summed E-state index contributed by atoms with van der Waals surface area (Å²) >= 11 is 7.50. The number of hydrogen-bond acceptors (Lipinski definition) is 2. The number of nitrogens with zero attached hydrogens (tertiary/aromatic N) is 1. The van der Waals surface area contributed by atoms with Crippen LogP contribution in [0, 0.1) is 5.82 Å². The van der Waals surface area contributed by atoms with Gasteiger partial charge in [-0.25, -0.2) is 4.39 Å². The van der Waals surface area contributed by atoms with Gasteiger partial charge in [-0.15, -0.1) is 0 Å². The molecule has 1 nitrogen and oxygen atoms in total. The molecule has 0 aliphatic carbocycles. The molecular formula is C11H15BrFNS. The monoisotopic (exact) mass is 291 g/mol. The fourth-order valence-corrected chi connectivity index (χ4v) is 2.08. The first-order valence-electron chi connectivity index (χ1n) is 4.87. The molecule has 0 heterocycles. The van der Waals surface area contributed by atoms with E-state index in [9.17, 15) is 4.39 Å². The van der Waals surface area contributed by atoms with Crippen LogP contribution < -0.4 is 0 Å². The van der Waals surface area contributed by atoms with E-state index in [2.05, 4.69) is 33.5 Å². The van der Waals surface area contributed by atoms with Gasteiger partial charge in [0.05, 0.1) is 0 Å². The number of likely N-dealkylation sites (N-methyl/N-ethyl adjacent to an activating group) is 1. The fourth-order valence-electron chi connectivity index (χ4n) is 1.33. The SMILES string of the molecule is CN(CCS)CCc1cc(Br)ccc1F. The number of rotatable bonds is 5. The lowest BCUT2D eigenvalue weighted by Gasteiger charge is -2.15. The molecule has 0 aliphatic rings. The van der Waals surface area contributed by atoms with Crippen molar-refractivity contribution in [2.24, 2.45) is 0 Å². The standard InChI is InChI=1S/C11H15BrFNS/c1-14(6-7-15)5-4-9-8-10(12)2-3-11(9)13/h2-3,8,15H,4-7H2,1H3. The smallest absolute Gasteiger partial charge is 0.126 e. The first-order valence-corrected chi connectivity index (χ1v) is 6.29. The second-order valence-electron chi connectivity index (χ2n) is 3.51. The van der Waals surface area contributed by atoms with Gasteiger partial charge in [0.15, 0.2) is 0 Å². The summed E-state index contributed by atoms with van der Waals surface area (Å²) in [6, 6.07) is 5.05. The molecule has 0 spiro atoms. The van der Waals surface area contributed by atoms with E-state index in [4.69, 9.17) is 0 Å². The van der Waals surface area contributed by atoms with Gasteiger partial charge in [0.1, 0.15) is 5.82 Å². The Morgan fingerprint density at radius 1 is 1.40 bits per heavy atom. The Morgan fingerprint density at radius 2 is 2.13 bits per heavy atom. The lowest BCUT2D eigenvalue weighted by atomic mass is 10.1. The zero-order chi connectivity index (χ0) is 11.3. The Bertz CT molecular complexity index is 319. The van der Waals surface area contributed by atoms with Crippen LogP contribution in [-0.2, 0) is 6.42 Å². The van der Waals surface area contributed by atoms with Gasteiger partial charge >= 0.3 is 0 Å². The highest BCUT2D eigenvalue weighted by Gasteiger charge is 2.04.